The first-order valence-corrected chi connectivity index (χ1v) is 14.0. The van der Waals surface area contributed by atoms with E-state index in [1.54, 1.807) is 24.3 Å². The van der Waals surface area contributed by atoms with Gasteiger partial charge in [-0.2, -0.15) is 0 Å². The third kappa shape index (κ3) is 5.55. The number of hydrogen-bond acceptors (Lipinski definition) is 3. The van der Waals surface area contributed by atoms with Crippen LogP contribution in [0.2, 0.25) is 10.0 Å². The summed E-state index contributed by atoms with van der Waals surface area (Å²) < 4.78 is 0. The second kappa shape index (κ2) is 12.1. The molecule has 0 aliphatic carbocycles. The summed E-state index contributed by atoms with van der Waals surface area (Å²) in [4.78, 5) is 44.3. The van der Waals surface area contributed by atoms with Crippen LogP contribution in [0.3, 0.4) is 0 Å². The minimum Gasteiger partial charge on any atom is -0.354 e. The van der Waals surface area contributed by atoms with Crippen LogP contribution in [-0.4, -0.2) is 41.8 Å². The zero-order valence-corrected chi connectivity index (χ0v) is 23.6. The van der Waals surface area contributed by atoms with Crippen LogP contribution in [0.5, 0.6) is 0 Å². The van der Waals surface area contributed by atoms with Gasteiger partial charge in [-0.05, 0) is 41.6 Å². The number of carbonyl (C=O) groups is 3. The van der Waals surface area contributed by atoms with Gasteiger partial charge in [-0.25, -0.2) is 0 Å². The van der Waals surface area contributed by atoms with Crippen molar-refractivity contribution in [3.8, 4) is 0 Å². The Hall–Kier alpha value is -3.87. The van der Waals surface area contributed by atoms with Crippen LogP contribution in [0.4, 0.5) is 5.69 Å². The Bertz CT molecular complexity index is 1550. The molecular weight excluding hydrogens is 545 g/mol. The van der Waals surface area contributed by atoms with Crippen LogP contribution in [0.15, 0.2) is 84.9 Å². The van der Waals surface area contributed by atoms with Crippen LogP contribution >= 0.6 is 23.2 Å². The van der Waals surface area contributed by atoms with Crippen LogP contribution < -0.4 is 10.2 Å². The molecule has 0 radical (unpaired) electrons. The lowest BCUT2D eigenvalue weighted by Crippen LogP contribution is -2.53. The van der Waals surface area contributed by atoms with Gasteiger partial charge < -0.3 is 10.2 Å². The van der Waals surface area contributed by atoms with Crippen LogP contribution in [0.25, 0.3) is 10.8 Å². The molecule has 40 heavy (non-hydrogen) atoms. The van der Waals surface area contributed by atoms with E-state index in [2.05, 4.69) is 5.32 Å². The normalized spacial score (nSPS) is 13.0. The predicted octanol–water partition coefficient (Wildman–Crippen LogP) is 6.27. The molecule has 0 unspecified atom stereocenters. The van der Waals surface area contributed by atoms with E-state index in [0.717, 1.165) is 22.8 Å². The fourth-order valence-electron chi connectivity index (χ4n) is 5.14. The van der Waals surface area contributed by atoms with E-state index >= 15 is 0 Å². The van der Waals surface area contributed by atoms with Gasteiger partial charge in [0.2, 0.25) is 11.8 Å². The van der Waals surface area contributed by atoms with Gasteiger partial charge in [-0.1, -0.05) is 90.8 Å². The van der Waals surface area contributed by atoms with Crippen molar-refractivity contribution < 1.29 is 14.4 Å². The van der Waals surface area contributed by atoms with Crippen molar-refractivity contribution in [1.82, 2.24) is 10.2 Å². The number of nitrogens with one attached hydrogen (secondary N) is 1. The van der Waals surface area contributed by atoms with Crippen molar-refractivity contribution >= 4 is 57.4 Å². The van der Waals surface area contributed by atoms with E-state index in [0.29, 0.717) is 33.4 Å². The number of hydrogen-bond donors (Lipinski definition) is 1. The molecular formula is C32H29Cl2N3O3. The molecule has 1 aliphatic heterocycles. The molecule has 1 N–H and O–H groups in total. The molecule has 0 bridgehead atoms. The van der Waals surface area contributed by atoms with Crippen molar-refractivity contribution in [2.75, 3.05) is 18.0 Å². The number of halogens is 2. The highest BCUT2D eigenvalue weighted by Crippen LogP contribution is 2.37. The Morgan fingerprint density at radius 3 is 2.27 bits per heavy atom. The molecule has 0 saturated heterocycles. The monoisotopic (exact) mass is 573 g/mol. The van der Waals surface area contributed by atoms with E-state index in [-0.39, 0.29) is 37.2 Å². The van der Waals surface area contributed by atoms with Gasteiger partial charge in [0.15, 0.2) is 0 Å². The SMILES string of the molecule is CCCNC(=O)[C@H](Cc1ccccc1)N(Cc1c(Cl)cccc1Cl)C(=O)CN1C(=O)c2cccc3cccc1c23. The number of anilines is 1. The number of benzene rings is 4. The summed E-state index contributed by atoms with van der Waals surface area (Å²) in [5, 5.41) is 5.50. The first kappa shape index (κ1) is 27.7. The van der Waals surface area contributed by atoms with Crippen molar-refractivity contribution in [1.29, 1.82) is 0 Å². The summed E-state index contributed by atoms with van der Waals surface area (Å²) in [5.41, 5.74) is 2.68. The summed E-state index contributed by atoms with van der Waals surface area (Å²) in [6.07, 6.45) is 1.03. The Morgan fingerprint density at radius 2 is 1.57 bits per heavy atom. The van der Waals surface area contributed by atoms with Crippen molar-refractivity contribution in [2.45, 2.75) is 32.4 Å². The fraction of sp³-hybridized carbons (Fsp3) is 0.219. The fourth-order valence-corrected chi connectivity index (χ4v) is 5.65. The van der Waals surface area contributed by atoms with E-state index in [1.165, 1.54) is 9.80 Å². The van der Waals surface area contributed by atoms with Crippen LogP contribution in [0, 0.1) is 0 Å². The molecule has 204 valence electrons. The summed E-state index contributed by atoms with van der Waals surface area (Å²) in [7, 11) is 0. The summed E-state index contributed by atoms with van der Waals surface area (Å²) in [5.74, 6) is -0.909. The standard InChI is InChI=1S/C32H29Cl2N3O3/c1-2-17-35-31(39)28(18-21-9-4-3-5-10-21)36(19-24-25(33)14-8-15-26(24)34)29(38)20-37-27-16-7-12-22-11-6-13-23(30(22)27)32(37)40/h3-16,28H,2,17-20H2,1H3,(H,35,39)/t28-/m0/s1. The van der Waals surface area contributed by atoms with Gasteiger partial charge in [0.25, 0.3) is 5.91 Å². The summed E-state index contributed by atoms with van der Waals surface area (Å²) in [6.45, 7) is 2.21. The molecule has 3 amide bonds. The zero-order valence-electron chi connectivity index (χ0n) is 22.1. The molecule has 4 aromatic rings. The number of carbonyl (C=O) groups excluding carboxylic acids is 3. The lowest BCUT2D eigenvalue weighted by molar-refractivity contribution is -0.140. The average molecular weight is 575 g/mol. The van der Waals surface area contributed by atoms with E-state index in [9.17, 15) is 14.4 Å². The Morgan fingerprint density at radius 1 is 0.900 bits per heavy atom. The van der Waals surface area contributed by atoms with Gasteiger partial charge in [0.05, 0.1) is 5.69 Å². The molecule has 1 aliphatic rings. The molecule has 4 aromatic carbocycles. The Balaban J connectivity index is 1.53. The lowest BCUT2D eigenvalue weighted by atomic mass is 10.0. The summed E-state index contributed by atoms with van der Waals surface area (Å²) >= 11 is 13.1. The first-order valence-electron chi connectivity index (χ1n) is 13.3. The summed E-state index contributed by atoms with van der Waals surface area (Å²) in [6, 6.07) is 25.0. The molecule has 5 rings (SSSR count). The first-order chi connectivity index (χ1) is 19.4. The maximum atomic E-state index is 14.2. The number of nitrogens with zero attached hydrogens (tertiary/aromatic N) is 2. The number of amides is 3. The molecule has 1 heterocycles. The van der Waals surface area contributed by atoms with Crippen LogP contribution in [-0.2, 0) is 22.6 Å². The molecule has 0 fully saturated rings. The highest BCUT2D eigenvalue weighted by Gasteiger charge is 2.36. The van der Waals surface area contributed by atoms with Crippen molar-refractivity contribution in [3.05, 3.63) is 112 Å². The maximum Gasteiger partial charge on any atom is 0.259 e. The second-order valence-electron chi connectivity index (χ2n) is 9.79. The predicted molar refractivity (Wildman–Crippen MR) is 160 cm³/mol. The van der Waals surface area contributed by atoms with E-state index < -0.39 is 6.04 Å². The van der Waals surface area contributed by atoms with Crippen molar-refractivity contribution in [3.63, 3.8) is 0 Å². The maximum absolute atomic E-state index is 14.2. The van der Waals surface area contributed by atoms with E-state index in [1.807, 2.05) is 67.6 Å². The average Bonchev–Trinajstić information content (AvgIpc) is 3.23. The van der Waals surface area contributed by atoms with Gasteiger partial charge in [0, 0.05) is 46.1 Å². The zero-order chi connectivity index (χ0) is 28.2. The largest absolute Gasteiger partial charge is 0.354 e. The second-order valence-corrected chi connectivity index (χ2v) is 10.6. The van der Waals surface area contributed by atoms with Gasteiger partial charge in [-0.3, -0.25) is 19.3 Å². The third-order valence-electron chi connectivity index (χ3n) is 7.15. The molecule has 1 atom stereocenters. The Kier molecular flexibility index (Phi) is 8.38. The smallest absolute Gasteiger partial charge is 0.259 e. The topological polar surface area (TPSA) is 69.7 Å². The third-order valence-corrected chi connectivity index (χ3v) is 7.86. The quantitative estimate of drug-likeness (QED) is 0.243. The molecule has 6 nitrogen and oxygen atoms in total. The van der Waals surface area contributed by atoms with Gasteiger partial charge in [0.1, 0.15) is 12.6 Å². The minimum absolute atomic E-state index is 0.00750. The molecule has 0 spiro atoms. The van der Waals surface area contributed by atoms with E-state index in [4.69, 9.17) is 23.2 Å². The highest BCUT2D eigenvalue weighted by molar-refractivity contribution is 6.36. The Labute approximate surface area is 243 Å². The highest BCUT2D eigenvalue weighted by atomic mass is 35.5. The van der Waals surface area contributed by atoms with Crippen LogP contribution in [0.1, 0.15) is 34.8 Å². The van der Waals surface area contributed by atoms with Gasteiger partial charge >= 0.3 is 0 Å². The molecule has 0 aromatic heterocycles. The van der Waals surface area contributed by atoms with Gasteiger partial charge in [-0.15, -0.1) is 0 Å². The minimum atomic E-state index is -0.857. The number of rotatable bonds is 10. The molecule has 8 heteroatoms. The lowest BCUT2D eigenvalue weighted by Gasteiger charge is -2.33. The molecule has 0 saturated carbocycles. The van der Waals surface area contributed by atoms with Crippen molar-refractivity contribution in [2.24, 2.45) is 0 Å².